The molecule has 3 aromatic rings. The predicted octanol–water partition coefficient (Wildman–Crippen LogP) is 4.23. The van der Waals surface area contributed by atoms with Crippen LogP contribution in [0.25, 0.3) is 10.9 Å². The molecule has 0 aliphatic rings. The quantitative estimate of drug-likeness (QED) is 0.783. The van der Waals surface area contributed by atoms with Crippen molar-refractivity contribution in [2.24, 2.45) is 0 Å². The Morgan fingerprint density at radius 3 is 2.89 bits per heavy atom. The van der Waals surface area contributed by atoms with E-state index >= 15 is 0 Å². The molecule has 4 heteroatoms. The van der Waals surface area contributed by atoms with E-state index in [0.29, 0.717) is 11.4 Å². The second-order valence-electron chi connectivity index (χ2n) is 4.34. The van der Waals surface area contributed by atoms with E-state index < -0.39 is 6.10 Å². The number of aliphatic hydroxyl groups excluding tert-OH is 1. The number of hydrogen-bond donors (Lipinski definition) is 1. The van der Waals surface area contributed by atoms with Crippen LogP contribution in [-0.2, 0) is 6.42 Å². The molecule has 1 unspecified atom stereocenters. The summed E-state index contributed by atoms with van der Waals surface area (Å²) in [5.41, 5.74) is 1.60. The van der Waals surface area contributed by atoms with Gasteiger partial charge in [0, 0.05) is 33.5 Å². The highest BCUT2D eigenvalue weighted by atomic mass is 35.5. The number of nitrogens with zero attached hydrogens (tertiary/aromatic N) is 1. The van der Waals surface area contributed by atoms with Crippen molar-refractivity contribution in [1.29, 1.82) is 0 Å². The van der Waals surface area contributed by atoms with E-state index in [2.05, 4.69) is 4.98 Å². The Bertz CT molecular complexity index is 696. The first-order chi connectivity index (χ1) is 9.25. The van der Waals surface area contributed by atoms with Crippen LogP contribution in [0.1, 0.15) is 16.5 Å². The van der Waals surface area contributed by atoms with Crippen LogP contribution in [0.2, 0.25) is 5.02 Å². The Morgan fingerprint density at radius 1 is 1.21 bits per heavy atom. The average Bonchev–Trinajstić information content (AvgIpc) is 2.92. The van der Waals surface area contributed by atoms with Gasteiger partial charge in [-0.15, -0.1) is 11.3 Å². The molecule has 0 amide bonds. The Labute approximate surface area is 120 Å². The number of rotatable bonds is 3. The summed E-state index contributed by atoms with van der Waals surface area (Å²) in [5, 5.41) is 14.0. The van der Waals surface area contributed by atoms with Crippen LogP contribution >= 0.6 is 22.9 Å². The Kier molecular flexibility index (Phi) is 3.51. The number of thiophene rings is 1. The smallest absolute Gasteiger partial charge is 0.0859 e. The molecule has 1 atom stereocenters. The third kappa shape index (κ3) is 2.50. The molecule has 2 nitrogen and oxygen atoms in total. The second kappa shape index (κ2) is 5.29. The number of aromatic nitrogens is 1. The first-order valence-electron chi connectivity index (χ1n) is 5.99. The summed E-state index contributed by atoms with van der Waals surface area (Å²) >= 11 is 7.80. The maximum Gasteiger partial charge on any atom is 0.0859 e. The van der Waals surface area contributed by atoms with E-state index in [1.54, 1.807) is 17.5 Å². The van der Waals surface area contributed by atoms with Crippen molar-refractivity contribution >= 4 is 33.8 Å². The van der Waals surface area contributed by atoms with E-state index in [-0.39, 0.29) is 0 Å². The van der Waals surface area contributed by atoms with Gasteiger partial charge in [0.1, 0.15) is 0 Å². The molecule has 96 valence electrons. The van der Waals surface area contributed by atoms with Gasteiger partial charge in [0.15, 0.2) is 0 Å². The molecule has 0 aliphatic carbocycles. The van der Waals surface area contributed by atoms with Crippen LogP contribution < -0.4 is 0 Å². The van der Waals surface area contributed by atoms with Gasteiger partial charge in [-0.05, 0) is 29.6 Å². The normalized spacial score (nSPS) is 12.7. The van der Waals surface area contributed by atoms with E-state index in [1.165, 1.54) is 0 Å². The van der Waals surface area contributed by atoms with Crippen molar-refractivity contribution < 1.29 is 5.11 Å². The summed E-state index contributed by atoms with van der Waals surface area (Å²) < 4.78 is 0. The number of hydrogen-bond acceptors (Lipinski definition) is 3. The van der Waals surface area contributed by atoms with Crippen molar-refractivity contribution in [2.75, 3.05) is 0 Å². The zero-order valence-corrected chi connectivity index (χ0v) is 11.7. The van der Waals surface area contributed by atoms with Gasteiger partial charge in [0.25, 0.3) is 0 Å². The van der Waals surface area contributed by atoms with Gasteiger partial charge < -0.3 is 5.11 Å². The fraction of sp³-hybridized carbons (Fsp3) is 0.133. The maximum absolute atomic E-state index is 10.4. The number of benzene rings is 1. The lowest BCUT2D eigenvalue weighted by molar-refractivity contribution is 0.181. The fourth-order valence-electron chi connectivity index (χ4n) is 2.16. The lowest BCUT2D eigenvalue weighted by atomic mass is 10.0. The van der Waals surface area contributed by atoms with Crippen LogP contribution in [-0.4, -0.2) is 10.1 Å². The molecule has 0 bridgehead atoms. The molecule has 19 heavy (non-hydrogen) atoms. The topological polar surface area (TPSA) is 33.1 Å². The fourth-order valence-corrected chi connectivity index (χ4v) is 3.12. The molecule has 1 N–H and O–H groups in total. The average molecular weight is 290 g/mol. The Balaban J connectivity index is 2.03. The van der Waals surface area contributed by atoms with Gasteiger partial charge in [-0.2, -0.15) is 0 Å². The van der Waals surface area contributed by atoms with E-state index in [4.69, 9.17) is 11.6 Å². The number of aliphatic hydroxyl groups is 1. The Hall–Kier alpha value is -1.42. The monoisotopic (exact) mass is 289 g/mol. The van der Waals surface area contributed by atoms with Crippen LogP contribution in [0.3, 0.4) is 0 Å². The van der Waals surface area contributed by atoms with Gasteiger partial charge >= 0.3 is 0 Å². The van der Waals surface area contributed by atoms with Crippen molar-refractivity contribution in [2.45, 2.75) is 12.5 Å². The molecule has 1 aromatic carbocycles. The van der Waals surface area contributed by atoms with Gasteiger partial charge in [0.05, 0.1) is 11.6 Å². The molecule has 0 aliphatic heterocycles. The first-order valence-corrected chi connectivity index (χ1v) is 7.25. The molecule has 0 saturated heterocycles. The Morgan fingerprint density at radius 2 is 2.11 bits per heavy atom. The molecule has 0 fully saturated rings. The minimum atomic E-state index is -0.562. The number of pyridine rings is 1. The summed E-state index contributed by atoms with van der Waals surface area (Å²) in [7, 11) is 0. The molecule has 2 aromatic heterocycles. The third-order valence-electron chi connectivity index (χ3n) is 3.08. The minimum Gasteiger partial charge on any atom is -0.388 e. The van der Waals surface area contributed by atoms with Gasteiger partial charge in [-0.3, -0.25) is 4.98 Å². The van der Waals surface area contributed by atoms with Crippen molar-refractivity contribution in [3.63, 3.8) is 0 Å². The van der Waals surface area contributed by atoms with Crippen LogP contribution in [0, 0.1) is 0 Å². The highest BCUT2D eigenvalue weighted by molar-refractivity contribution is 7.09. The minimum absolute atomic E-state index is 0.562. The SMILES string of the molecule is OC(Cc1cccs1)c1ccc(Cl)c2cccnc12. The summed E-state index contributed by atoms with van der Waals surface area (Å²) in [5.74, 6) is 0. The van der Waals surface area contributed by atoms with Crippen LogP contribution in [0.4, 0.5) is 0 Å². The zero-order chi connectivity index (χ0) is 13.2. The lowest BCUT2D eigenvalue weighted by Crippen LogP contribution is -2.02. The highest BCUT2D eigenvalue weighted by Gasteiger charge is 2.14. The zero-order valence-electron chi connectivity index (χ0n) is 10.1. The summed E-state index contributed by atoms with van der Waals surface area (Å²) in [6.07, 6.45) is 1.76. The molecule has 0 spiro atoms. The first kappa shape index (κ1) is 12.6. The van der Waals surface area contributed by atoms with Crippen molar-refractivity contribution in [1.82, 2.24) is 4.98 Å². The number of fused-ring (bicyclic) bond motifs is 1. The highest BCUT2D eigenvalue weighted by Crippen LogP contribution is 2.30. The molecular weight excluding hydrogens is 278 g/mol. The molecule has 0 radical (unpaired) electrons. The van der Waals surface area contributed by atoms with E-state index in [1.807, 2.05) is 41.8 Å². The largest absolute Gasteiger partial charge is 0.388 e. The second-order valence-corrected chi connectivity index (χ2v) is 5.77. The summed E-state index contributed by atoms with van der Waals surface area (Å²) in [6, 6.07) is 11.5. The van der Waals surface area contributed by atoms with Crippen molar-refractivity contribution in [3.8, 4) is 0 Å². The number of halogens is 1. The molecule has 2 heterocycles. The maximum atomic E-state index is 10.4. The van der Waals surface area contributed by atoms with Gasteiger partial charge in [-0.25, -0.2) is 0 Å². The standard InChI is InChI=1S/C15H12ClNOS/c16-13-6-5-12(15-11(13)4-1-7-17-15)14(18)9-10-3-2-8-19-10/h1-8,14,18H,9H2. The van der Waals surface area contributed by atoms with Crippen LogP contribution in [0.5, 0.6) is 0 Å². The van der Waals surface area contributed by atoms with E-state index in [0.717, 1.165) is 21.3 Å². The van der Waals surface area contributed by atoms with E-state index in [9.17, 15) is 5.11 Å². The lowest BCUT2D eigenvalue weighted by Gasteiger charge is -2.13. The van der Waals surface area contributed by atoms with Gasteiger partial charge in [0.2, 0.25) is 0 Å². The third-order valence-corrected chi connectivity index (χ3v) is 4.31. The van der Waals surface area contributed by atoms with Crippen LogP contribution in [0.15, 0.2) is 48.0 Å². The predicted molar refractivity (Wildman–Crippen MR) is 79.7 cm³/mol. The van der Waals surface area contributed by atoms with Gasteiger partial charge in [-0.1, -0.05) is 23.7 Å². The molecule has 0 saturated carbocycles. The molecular formula is C15H12ClNOS. The molecule has 3 rings (SSSR count). The summed E-state index contributed by atoms with van der Waals surface area (Å²) in [6.45, 7) is 0. The van der Waals surface area contributed by atoms with Crippen molar-refractivity contribution in [3.05, 3.63) is 63.4 Å². The summed E-state index contributed by atoms with van der Waals surface area (Å²) in [4.78, 5) is 5.51.